The molecule has 4 rings (SSSR count). The molecular formula is C26H32N4O3. The van der Waals surface area contributed by atoms with Crippen LogP contribution in [0.2, 0.25) is 0 Å². The molecule has 2 aromatic carbocycles. The number of amides is 1. The Balaban J connectivity index is 1.28. The quantitative estimate of drug-likeness (QED) is 0.572. The van der Waals surface area contributed by atoms with Gasteiger partial charge in [0.05, 0.1) is 26.5 Å². The van der Waals surface area contributed by atoms with E-state index in [4.69, 9.17) is 9.47 Å². The SMILES string of the molecule is COc1cc2c(cc1OC)CN(CCNC(=O)c1ccc(Cn3nc(C)cc3C)cc1)CC2. The Morgan fingerprint density at radius 1 is 1.03 bits per heavy atom. The smallest absolute Gasteiger partial charge is 0.251 e. The molecule has 1 aliphatic rings. The molecule has 0 radical (unpaired) electrons. The van der Waals surface area contributed by atoms with Gasteiger partial charge in [0.15, 0.2) is 11.5 Å². The first-order valence-electron chi connectivity index (χ1n) is 11.3. The highest BCUT2D eigenvalue weighted by atomic mass is 16.5. The average Bonchev–Trinajstić information content (AvgIpc) is 3.14. The zero-order valence-electron chi connectivity index (χ0n) is 19.9. The normalized spacial score (nSPS) is 13.5. The number of nitrogens with zero attached hydrogens (tertiary/aromatic N) is 3. The number of aryl methyl sites for hydroxylation is 2. The van der Waals surface area contributed by atoms with Crippen LogP contribution in [0.25, 0.3) is 0 Å². The number of aromatic nitrogens is 2. The number of carbonyl (C=O) groups excluding carboxylic acids is 1. The Morgan fingerprint density at radius 3 is 2.36 bits per heavy atom. The summed E-state index contributed by atoms with van der Waals surface area (Å²) in [6, 6.07) is 14.0. The van der Waals surface area contributed by atoms with Gasteiger partial charge in [-0.05, 0) is 67.3 Å². The van der Waals surface area contributed by atoms with Gasteiger partial charge in [0.1, 0.15) is 0 Å². The van der Waals surface area contributed by atoms with E-state index in [9.17, 15) is 4.79 Å². The first kappa shape index (κ1) is 22.9. The molecule has 3 aromatic rings. The summed E-state index contributed by atoms with van der Waals surface area (Å²) in [6.45, 7) is 7.95. The van der Waals surface area contributed by atoms with Crippen molar-refractivity contribution in [1.82, 2.24) is 20.0 Å². The first-order valence-corrected chi connectivity index (χ1v) is 11.3. The Morgan fingerprint density at radius 2 is 1.73 bits per heavy atom. The zero-order chi connectivity index (χ0) is 23.4. The minimum Gasteiger partial charge on any atom is -0.493 e. The standard InChI is InChI=1S/C26H32N4O3/c1-18-13-19(2)30(28-18)16-20-5-7-21(8-6-20)26(31)27-10-12-29-11-9-22-14-24(32-3)25(33-4)15-23(22)17-29/h5-8,13-15H,9-12,16-17H2,1-4H3,(H,27,31). The summed E-state index contributed by atoms with van der Waals surface area (Å²) in [5.41, 5.74) is 6.49. The predicted molar refractivity (Wildman–Crippen MR) is 128 cm³/mol. The lowest BCUT2D eigenvalue weighted by molar-refractivity contribution is 0.0947. The van der Waals surface area contributed by atoms with Crippen LogP contribution in [0.5, 0.6) is 11.5 Å². The maximum Gasteiger partial charge on any atom is 0.251 e. The van der Waals surface area contributed by atoms with Crippen molar-refractivity contribution in [2.75, 3.05) is 33.9 Å². The largest absolute Gasteiger partial charge is 0.493 e. The molecule has 7 heteroatoms. The lowest BCUT2D eigenvalue weighted by Crippen LogP contribution is -2.37. The number of hydrogen-bond acceptors (Lipinski definition) is 5. The van der Waals surface area contributed by atoms with Gasteiger partial charge in [0, 0.05) is 37.4 Å². The summed E-state index contributed by atoms with van der Waals surface area (Å²) < 4.78 is 12.8. The Bertz CT molecular complexity index is 1120. The van der Waals surface area contributed by atoms with Gasteiger partial charge in [0.2, 0.25) is 0 Å². The van der Waals surface area contributed by atoms with Crippen molar-refractivity contribution in [2.45, 2.75) is 33.4 Å². The molecule has 0 unspecified atom stereocenters. The van der Waals surface area contributed by atoms with E-state index < -0.39 is 0 Å². The Kier molecular flexibility index (Phi) is 6.99. The summed E-state index contributed by atoms with van der Waals surface area (Å²) in [7, 11) is 3.32. The van der Waals surface area contributed by atoms with Gasteiger partial charge in [-0.3, -0.25) is 14.4 Å². The second kappa shape index (κ2) is 10.1. The molecule has 0 saturated carbocycles. The lowest BCUT2D eigenvalue weighted by atomic mass is 9.99. The number of benzene rings is 2. The Labute approximate surface area is 195 Å². The molecule has 2 heterocycles. The fourth-order valence-corrected chi connectivity index (χ4v) is 4.33. The van der Waals surface area contributed by atoms with Crippen LogP contribution in [-0.4, -0.2) is 54.4 Å². The van der Waals surface area contributed by atoms with Gasteiger partial charge in [-0.2, -0.15) is 5.10 Å². The third-order valence-corrected chi connectivity index (χ3v) is 6.16. The van der Waals surface area contributed by atoms with Crippen molar-refractivity contribution >= 4 is 5.91 Å². The number of nitrogens with one attached hydrogen (secondary N) is 1. The summed E-state index contributed by atoms with van der Waals surface area (Å²) in [5.74, 6) is 1.49. The first-order chi connectivity index (χ1) is 16.0. The monoisotopic (exact) mass is 448 g/mol. The van der Waals surface area contributed by atoms with Crippen LogP contribution >= 0.6 is 0 Å². The number of fused-ring (bicyclic) bond motifs is 1. The van der Waals surface area contributed by atoms with E-state index in [0.717, 1.165) is 54.5 Å². The molecule has 7 nitrogen and oxygen atoms in total. The highest BCUT2D eigenvalue weighted by molar-refractivity contribution is 5.94. The van der Waals surface area contributed by atoms with Crippen molar-refractivity contribution in [2.24, 2.45) is 0 Å². The summed E-state index contributed by atoms with van der Waals surface area (Å²) in [4.78, 5) is 14.9. The van der Waals surface area contributed by atoms with Gasteiger partial charge < -0.3 is 14.8 Å². The Hall–Kier alpha value is -3.32. The summed E-state index contributed by atoms with van der Waals surface area (Å²) in [5, 5.41) is 7.55. The van der Waals surface area contributed by atoms with Crippen LogP contribution in [-0.2, 0) is 19.5 Å². The second-order valence-electron chi connectivity index (χ2n) is 8.54. The van der Waals surface area contributed by atoms with Crippen molar-refractivity contribution in [3.63, 3.8) is 0 Å². The molecule has 174 valence electrons. The van der Waals surface area contributed by atoms with Gasteiger partial charge in [-0.25, -0.2) is 0 Å². The molecule has 1 N–H and O–H groups in total. The highest BCUT2D eigenvalue weighted by Crippen LogP contribution is 2.33. The van der Waals surface area contributed by atoms with Crippen LogP contribution in [0, 0.1) is 13.8 Å². The van der Waals surface area contributed by atoms with E-state index in [-0.39, 0.29) is 5.91 Å². The van der Waals surface area contributed by atoms with E-state index in [1.54, 1.807) is 14.2 Å². The van der Waals surface area contributed by atoms with E-state index in [2.05, 4.69) is 40.4 Å². The van der Waals surface area contributed by atoms with E-state index in [1.165, 1.54) is 11.1 Å². The molecule has 33 heavy (non-hydrogen) atoms. The number of methoxy groups -OCH3 is 2. The zero-order valence-corrected chi connectivity index (χ0v) is 19.9. The fourth-order valence-electron chi connectivity index (χ4n) is 4.33. The van der Waals surface area contributed by atoms with Crippen molar-refractivity contribution in [3.05, 3.63) is 76.1 Å². The topological polar surface area (TPSA) is 68.6 Å². The van der Waals surface area contributed by atoms with E-state index in [0.29, 0.717) is 18.7 Å². The molecule has 1 amide bonds. The molecule has 0 spiro atoms. The second-order valence-corrected chi connectivity index (χ2v) is 8.54. The molecule has 0 saturated heterocycles. The average molecular weight is 449 g/mol. The van der Waals surface area contributed by atoms with Crippen LogP contribution in [0.15, 0.2) is 42.5 Å². The van der Waals surface area contributed by atoms with E-state index >= 15 is 0 Å². The van der Waals surface area contributed by atoms with Gasteiger partial charge in [0.25, 0.3) is 5.91 Å². The molecule has 1 aromatic heterocycles. The van der Waals surface area contributed by atoms with Crippen molar-refractivity contribution in [3.8, 4) is 11.5 Å². The van der Waals surface area contributed by atoms with Crippen LogP contribution < -0.4 is 14.8 Å². The van der Waals surface area contributed by atoms with Crippen molar-refractivity contribution in [1.29, 1.82) is 0 Å². The molecule has 1 aliphatic heterocycles. The minimum atomic E-state index is -0.0449. The maximum absolute atomic E-state index is 12.6. The lowest BCUT2D eigenvalue weighted by Gasteiger charge is -2.29. The number of ether oxygens (including phenoxy) is 2. The molecule has 0 fully saturated rings. The van der Waals surface area contributed by atoms with Crippen LogP contribution in [0.4, 0.5) is 0 Å². The number of hydrogen-bond donors (Lipinski definition) is 1. The highest BCUT2D eigenvalue weighted by Gasteiger charge is 2.19. The van der Waals surface area contributed by atoms with Gasteiger partial charge >= 0.3 is 0 Å². The molecule has 0 atom stereocenters. The third-order valence-electron chi connectivity index (χ3n) is 6.16. The third kappa shape index (κ3) is 5.37. The molecule has 0 aliphatic carbocycles. The molecule has 0 bridgehead atoms. The fraction of sp³-hybridized carbons (Fsp3) is 0.385. The number of carbonyl (C=O) groups is 1. The molecular weight excluding hydrogens is 416 g/mol. The van der Waals surface area contributed by atoms with Crippen LogP contribution in [0.1, 0.15) is 38.4 Å². The minimum absolute atomic E-state index is 0.0449. The predicted octanol–water partition coefficient (Wildman–Crippen LogP) is 3.35. The van der Waals surface area contributed by atoms with Gasteiger partial charge in [-0.1, -0.05) is 12.1 Å². The number of rotatable bonds is 8. The maximum atomic E-state index is 12.6. The van der Waals surface area contributed by atoms with Crippen LogP contribution in [0.3, 0.4) is 0 Å². The van der Waals surface area contributed by atoms with Crippen molar-refractivity contribution < 1.29 is 14.3 Å². The van der Waals surface area contributed by atoms with E-state index in [1.807, 2.05) is 35.9 Å². The summed E-state index contributed by atoms with van der Waals surface area (Å²) >= 11 is 0. The summed E-state index contributed by atoms with van der Waals surface area (Å²) in [6.07, 6.45) is 0.959. The van der Waals surface area contributed by atoms with Gasteiger partial charge in [-0.15, -0.1) is 0 Å².